The van der Waals surface area contributed by atoms with Gasteiger partial charge in [-0.25, -0.2) is 0 Å². The molecule has 1 aliphatic rings. The van der Waals surface area contributed by atoms with Gasteiger partial charge in [-0.1, -0.05) is 78.3 Å². The molecule has 0 heterocycles. The van der Waals surface area contributed by atoms with Crippen molar-refractivity contribution in [2.75, 3.05) is 0 Å². The first-order valence-electron chi connectivity index (χ1n) is 5.80. The van der Waals surface area contributed by atoms with Gasteiger partial charge in [0.1, 0.15) is 0 Å². The lowest BCUT2D eigenvalue weighted by atomic mass is 9.85. The molecule has 0 saturated heterocycles. The molecule has 2 aromatic carbocycles. The zero-order valence-corrected chi connectivity index (χ0v) is 11.7. The van der Waals surface area contributed by atoms with Crippen molar-refractivity contribution >= 4 is 29.0 Å². The zero-order valence-electron chi connectivity index (χ0n) is 10.2. The average Bonchev–Trinajstić information content (AvgIpc) is 2.38. The lowest BCUT2D eigenvalue weighted by Gasteiger charge is -2.17. The van der Waals surface area contributed by atoms with Crippen LogP contribution in [0, 0.1) is 0 Å². The lowest BCUT2D eigenvalue weighted by molar-refractivity contribution is 0.103. The number of hydrogen-bond acceptors (Lipinski definition) is 1. The molecule has 0 saturated carbocycles. The van der Waals surface area contributed by atoms with Crippen LogP contribution < -0.4 is 0 Å². The molecule has 19 heavy (non-hydrogen) atoms. The van der Waals surface area contributed by atoms with Crippen molar-refractivity contribution in [3.63, 3.8) is 0 Å². The predicted octanol–water partition coefficient (Wildman–Crippen LogP) is 4.76. The summed E-state index contributed by atoms with van der Waals surface area (Å²) in [4.78, 5) is 12.1. The van der Waals surface area contributed by atoms with Crippen molar-refractivity contribution in [1.82, 2.24) is 0 Å². The molecule has 0 radical (unpaired) electrons. The van der Waals surface area contributed by atoms with E-state index in [9.17, 15) is 4.79 Å². The summed E-state index contributed by atoms with van der Waals surface area (Å²) in [6, 6.07) is 15.7. The van der Waals surface area contributed by atoms with E-state index in [0.717, 1.165) is 28.7 Å². The summed E-state index contributed by atoms with van der Waals surface area (Å²) in [6.07, 6.45) is 0.873. The third-order valence-corrected chi connectivity index (χ3v) is 2.90. The third kappa shape index (κ3) is 3.25. The second-order valence-electron chi connectivity index (χ2n) is 4.16. The van der Waals surface area contributed by atoms with Crippen LogP contribution in [-0.2, 0) is 6.42 Å². The third-order valence-electron chi connectivity index (χ3n) is 2.90. The van der Waals surface area contributed by atoms with Crippen LogP contribution >= 0.6 is 23.2 Å². The summed E-state index contributed by atoms with van der Waals surface area (Å²) in [5.74, 6) is 0.160. The Labute approximate surface area is 122 Å². The first-order valence-corrected chi connectivity index (χ1v) is 6.55. The molecule has 3 rings (SSSR count). The molecule has 0 fully saturated rings. The van der Waals surface area contributed by atoms with E-state index < -0.39 is 0 Å². The van der Waals surface area contributed by atoms with Crippen molar-refractivity contribution in [3.8, 4) is 0 Å². The summed E-state index contributed by atoms with van der Waals surface area (Å²) < 4.78 is 0.111. The maximum absolute atomic E-state index is 12.1. The molecule has 2 aromatic rings. The molecule has 1 nitrogen and oxygen atoms in total. The minimum atomic E-state index is 0.111. The summed E-state index contributed by atoms with van der Waals surface area (Å²) in [6.45, 7) is 3.09. The number of carbonyl (C=O) groups excluding carboxylic acids is 1. The maximum Gasteiger partial charge on any atom is 0.193 e. The fraction of sp³-hybridized carbons (Fsp3) is 0.0625. The Morgan fingerprint density at radius 1 is 0.895 bits per heavy atom. The molecule has 0 amide bonds. The molecular formula is C16H12Cl2O. The highest BCUT2D eigenvalue weighted by Crippen LogP contribution is 2.26. The van der Waals surface area contributed by atoms with Crippen LogP contribution in [0.5, 0.6) is 0 Å². The molecule has 0 aromatic heterocycles. The van der Waals surface area contributed by atoms with Crippen molar-refractivity contribution in [3.05, 3.63) is 81.9 Å². The van der Waals surface area contributed by atoms with E-state index in [0.29, 0.717) is 0 Å². The highest BCUT2D eigenvalue weighted by atomic mass is 35.5. The second kappa shape index (κ2) is 6.05. The molecule has 0 unspecified atom stereocenters. The summed E-state index contributed by atoms with van der Waals surface area (Å²) in [7, 11) is 0. The number of halogens is 2. The first kappa shape index (κ1) is 13.9. The largest absolute Gasteiger partial charge is 0.289 e. The molecule has 0 aliphatic heterocycles. The number of carbonyl (C=O) groups is 1. The Kier molecular flexibility index (Phi) is 4.41. The van der Waals surface area contributed by atoms with Gasteiger partial charge < -0.3 is 0 Å². The summed E-state index contributed by atoms with van der Waals surface area (Å²) in [5, 5.41) is 0. The van der Waals surface area contributed by atoms with E-state index in [-0.39, 0.29) is 10.3 Å². The Hall–Kier alpha value is -1.57. The van der Waals surface area contributed by atoms with Gasteiger partial charge in [-0.15, -0.1) is 0 Å². The van der Waals surface area contributed by atoms with E-state index in [2.05, 4.69) is 6.58 Å². The lowest BCUT2D eigenvalue weighted by Crippen LogP contribution is -2.14. The summed E-state index contributed by atoms with van der Waals surface area (Å²) >= 11 is 9.69. The van der Waals surface area contributed by atoms with Crippen LogP contribution in [0.1, 0.15) is 27.0 Å². The van der Waals surface area contributed by atoms with Crippen molar-refractivity contribution in [2.24, 2.45) is 0 Å². The smallest absolute Gasteiger partial charge is 0.193 e. The second-order valence-corrected chi connectivity index (χ2v) is 5.26. The number of ketones is 1. The Bertz CT molecular complexity index is 581. The highest BCUT2D eigenvalue weighted by molar-refractivity contribution is 6.55. The van der Waals surface area contributed by atoms with Crippen LogP contribution in [-0.4, -0.2) is 5.78 Å². The van der Waals surface area contributed by atoms with E-state index in [1.807, 2.05) is 48.5 Å². The molecule has 0 N–H and O–H groups in total. The molecule has 0 bridgehead atoms. The quantitative estimate of drug-likeness (QED) is 0.583. The zero-order chi connectivity index (χ0) is 13.8. The van der Waals surface area contributed by atoms with Gasteiger partial charge in [0, 0.05) is 11.1 Å². The van der Waals surface area contributed by atoms with Crippen LogP contribution in [0.15, 0.2) is 59.6 Å². The van der Waals surface area contributed by atoms with Crippen LogP contribution in [0.2, 0.25) is 0 Å². The maximum atomic E-state index is 12.1. The van der Waals surface area contributed by atoms with Crippen LogP contribution in [0.3, 0.4) is 0 Å². The Balaban J connectivity index is 0.000000297. The molecular weight excluding hydrogens is 279 g/mol. The van der Waals surface area contributed by atoms with Gasteiger partial charge >= 0.3 is 0 Å². The van der Waals surface area contributed by atoms with E-state index in [1.54, 1.807) is 0 Å². The van der Waals surface area contributed by atoms with Gasteiger partial charge in [-0.3, -0.25) is 4.79 Å². The van der Waals surface area contributed by atoms with Gasteiger partial charge in [-0.05, 0) is 17.5 Å². The molecule has 0 spiro atoms. The average molecular weight is 291 g/mol. The first-order chi connectivity index (χ1) is 9.09. The molecule has 1 aliphatic carbocycles. The van der Waals surface area contributed by atoms with Gasteiger partial charge in [0.05, 0.1) is 4.49 Å². The van der Waals surface area contributed by atoms with Crippen LogP contribution in [0.4, 0.5) is 0 Å². The Morgan fingerprint density at radius 3 is 1.68 bits per heavy atom. The number of benzene rings is 2. The van der Waals surface area contributed by atoms with Gasteiger partial charge in [0.2, 0.25) is 0 Å². The SMILES string of the molecule is C=C(Cl)Cl.O=C1c2ccccc2Cc2ccccc21. The van der Waals surface area contributed by atoms with E-state index >= 15 is 0 Å². The minimum absolute atomic E-state index is 0.111. The summed E-state index contributed by atoms with van der Waals surface area (Å²) in [5.41, 5.74) is 4.00. The van der Waals surface area contributed by atoms with E-state index in [4.69, 9.17) is 23.2 Å². The minimum Gasteiger partial charge on any atom is -0.289 e. The van der Waals surface area contributed by atoms with E-state index in [1.165, 1.54) is 0 Å². The topological polar surface area (TPSA) is 17.1 Å². The van der Waals surface area contributed by atoms with Gasteiger partial charge in [-0.2, -0.15) is 0 Å². The van der Waals surface area contributed by atoms with Crippen molar-refractivity contribution < 1.29 is 4.79 Å². The number of rotatable bonds is 0. The normalized spacial score (nSPS) is 11.8. The fourth-order valence-corrected chi connectivity index (χ4v) is 2.14. The standard InChI is InChI=1S/C14H10O.C2H2Cl2/c15-14-12-7-3-1-5-10(12)9-11-6-2-4-8-13(11)14;1-2(3)4/h1-8H,9H2;1H2. The van der Waals surface area contributed by atoms with Crippen molar-refractivity contribution in [1.29, 1.82) is 0 Å². The molecule has 3 heteroatoms. The predicted molar refractivity (Wildman–Crippen MR) is 80.0 cm³/mol. The number of hydrogen-bond donors (Lipinski definition) is 0. The molecule has 0 atom stereocenters. The highest BCUT2D eigenvalue weighted by Gasteiger charge is 2.21. The van der Waals surface area contributed by atoms with Gasteiger partial charge in [0.15, 0.2) is 5.78 Å². The fourth-order valence-electron chi connectivity index (χ4n) is 2.14. The van der Waals surface area contributed by atoms with Crippen molar-refractivity contribution in [2.45, 2.75) is 6.42 Å². The molecule has 96 valence electrons. The Morgan fingerprint density at radius 2 is 1.26 bits per heavy atom. The monoisotopic (exact) mass is 290 g/mol. The van der Waals surface area contributed by atoms with Gasteiger partial charge in [0.25, 0.3) is 0 Å². The van der Waals surface area contributed by atoms with Crippen LogP contribution in [0.25, 0.3) is 0 Å². The number of fused-ring (bicyclic) bond motifs is 2.